The lowest BCUT2D eigenvalue weighted by atomic mass is 10.0. The third-order valence-corrected chi connectivity index (χ3v) is 4.25. The molecule has 2 aromatic carbocycles. The van der Waals surface area contributed by atoms with Crippen molar-refractivity contribution in [3.05, 3.63) is 71.8 Å². The van der Waals surface area contributed by atoms with Crippen LogP contribution < -0.4 is 5.32 Å². The first-order valence-corrected chi connectivity index (χ1v) is 9.28. The van der Waals surface area contributed by atoms with Gasteiger partial charge >= 0.3 is 5.97 Å². The van der Waals surface area contributed by atoms with E-state index in [-0.39, 0.29) is 5.78 Å². The Labute approximate surface area is 160 Å². The first-order valence-electron chi connectivity index (χ1n) is 9.28. The van der Waals surface area contributed by atoms with E-state index in [0.29, 0.717) is 26.2 Å². The van der Waals surface area contributed by atoms with E-state index in [0.717, 1.165) is 24.0 Å². The molecule has 0 saturated carbocycles. The fourth-order valence-electron chi connectivity index (χ4n) is 2.82. The van der Waals surface area contributed by atoms with Crippen molar-refractivity contribution in [1.82, 2.24) is 5.32 Å². The van der Waals surface area contributed by atoms with Gasteiger partial charge in [-0.15, -0.1) is 0 Å². The molecular weight excluding hydrogens is 342 g/mol. The van der Waals surface area contributed by atoms with Gasteiger partial charge in [0.2, 0.25) is 0 Å². The van der Waals surface area contributed by atoms with Gasteiger partial charge in [0.15, 0.2) is 5.78 Å². The molecule has 0 spiro atoms. The van der Waals surface area contributed by atoms with Gasteiger partial charge in [-0.1, -0.05) is 60.7 Å². The summed E-state index contributed by atoms with van der Waals surface area (Å²) >= 11 is 0. The predicted molar refractivity (Wildman–Crippen MR) is 105 cm³/mol. The minimum Gasteiger partial charge on any atom is -0.481 e. The Kier molecular flexibility index (Phi) is 9.24. The van der Waals surface area contributed by atoms with Crippen molar-refractivity contribution in [2.24, 2.45) is 0 Å². The van der Waals surface area contributed by atoms with Gasteiger partial charge < -0.3 is 15.2 Å². The zero-order valence-electron chi connectivity index (χ0n) is 15.5. The lowest BCUT2D eigenvalue weighted by molar-refractivity contribution is -0.140. The van der Waals surface area contributed by atoms with Crippen LogP contribution in [-0.4, -0.2) is 36.1 Å². The number of carboxylic acid groups (broad SMARTS) is 1. The molecular formula is C22H27NO4. The quantitative estimate of drug-likeness (QED) is 0.419. The summed E-state index contributed by atoms with van der Waals surface area (Å²) < 4.78 is 5.64. The van der Waals surface area contributed by atoms with Crippen LogP contribution in [-0.2, 0) is 27.4 Å². The molecule has 0 aromatic heterocycles. The van der Waals surface area contributed by atoms with Gasteiger partial charge in [-0.2, -0.15) is 0 Å². The lowest BCUT2D eigenvalue weighted by Gasteiger charge is -2.17. The summed E-state index contributed by atoms with van der Waals surface area (Å²) in [6.45, 7) is 1.76. The number of aryl methyl sites for hydroxylation is 1. The Hall–Kier alpha value is -2.50. The third-order valence-electron chi connectivity index (χ3n) is 4.25. The molecule has 0 aliphatic heterocycles. The highest BCUT2D eigenvalue weighted by molar-refractivity contribution is 5.97. The smallest absolute Gasteiger partial charge is 0.310 e. The number of carboxylic acids is 1. The first kappa shape index (κ1) is 20.8. The Bertz CT molecular complexity index is 688. The molecule has 0 aliphatic rings. The number of carbonyl (C=O) groups is 2. The second-order valence-electron chi connectivity index (χ2n) is 6.46. The highest BCUT2D eigenvalue weighted by atomic mass is 16.5. The number of Topliss-reactive ketones (excluding diaryl/α,β-unsaturated/α-hetero) is 1. The Morgan fingerprint density at radius 2 is 1.59 bits per heavy atom. The van der Waals surface area contributed by atoms with Gasteiger partial charge in [-0.05, 0) is 36.9 Å². The molecule has 1 unspecified atom stereocenters. The van der Waals surface area contributed by atoms with E-state index in [2.05, 4.69) is 5.32 Å². The first-order chi connectivity index (χ1) is 13.1. The van der Waals surface area contributed by atoms with Crippen LogP contribution in [0, 0.1) is 0 Å². The van der Waals surface area contributed by atoms with E-state index in [1.54, 1.807) is 0 Å². The zero-order chi connectivity index (χ0) is 19.3. The van der Waals surface area contributed by atoms with Crippen LogP contribution in [0.15, 0.2) is 60.7 Å². The molecule has 0 bridgehead atoms. The maximum absolute atomic E-state index is 12.2. The van der Waals surface area contributed by atoms with E-state index < -0.39 is 18.4 Å². The fourth-order valence-corrected chi connectivity index (χ4v) is 2.82. The van der Waals surface area contributed by atoms with Crippen LogP contribution in [0.2, 0.25) is 0 Å². The predicted octanol–water partition coefficient (Wildman–Crippen LogP) is 3.23. The van der Waals surface area contributed by atoms with Gasteiger partial charge in [0.05, 0.1) is 12.6 Å². The van der Waals surface area contributed by atoms with Crippen LogP contribution in [0.1, 0.15) is 30.4 Å². The molecule has 2 rings (SSSR count). The summed E-state index contributed by atoms with van der Waals surface area (Å²) in [4.78, 5) is 23.1. The number of nitrogens with one attached hydrogen (secondary N) is 1. The maximum Gasteiger partial charge on any atom is 0.310 e. The standard InChI is InChI=1S/C22H27NO4/c24-21(16-22(25)26)20(13-12-18-8-3-1-4-9-18)23-14-7-15-27-17-19-10-5-2-6-11-19/h1-6,8-11,20,23H,7,12-17H2,(H,25,26). The largest absolute Gasteiger partial charge is 0.481 e. The van der Waals surface area contributed by atoms with E-state index in [1.807, 2.05) is 60.7 Å². The summed E-state index contributed by atoms with van der Waals surface area (Å²) in [5, 5.41) is 12.1. The van der Waals surface area contributed by atoms with Crippen LogP contribution in [0.3, 0.4) is 0 Å². The van der Waals surface area contributed by atoms with Gasteiger partial charge in [-0.25, -0.2) is 0 Å². The van der Waals surface area contributed by atoms with Gasteiger partial charge in [0.25, 0.3) is 0 Å². The topological polar surface area (TPSA) is 75.6 Å². The van der Waals surface area contributed by atoms with Gasteiger partial charge in [0, 0.05) is 6.61 Å². The zero-order valence-corrected chi connectivity index (χ0v) is 15.5. The number of hydrogen-bond donors (Lipinski definition) is 2. The Balaban J connectivity index is 1.72. The van der Waals surface area contributed by atoms with Crippen molar-refractivity contribution < 1.29 is 19.4 Å². The van der Waals surface area contributed by atoms with Crippen molar-refractivity contribution in [3.63, 3.8) is 0 Å². The van der Waals surface area contributed by atoms with Crippen LogP contribution in [0.25, 0.3) is 0 Å². The van der Waals surface area contributed by atoms with Crippen molar-refractivity contribution in [2.45, 2.75) is 38.3 Å². The van der Waals surface area contributed by atoms with Crippen LogP contribution in [0.4, 0.5) is 0 Å². The van der Waals surface area contributed by atoms with E-state index >= 15 is 0 Å². The second kappa shape index (κ2) is 12.0. The van der Waals surface area contributed by atoms with Crippen molar-refractivity contribution in [2.75, 3.05) is 13.2 Å². The molecule has 27 heavy (non-hydrogen) atoms. The van der Waals surface area contributed by atoms with E-state index in [1.165, 1.54) is 0 Å². The van der Waals surface area contributed by atoms with Crippen LogP contribution in [0.5, 0.6) is 0 Å². The molecule has 0 saturated heterocycles. The van der Waals surface area contributed by atoms with Crippen molar-refractivity contribution in [1.29, 1.82) is 0 Å². The number of aliphatic carboxylic acids is 1. The number of ether oxygens (including phenoxy) is 1. The highest BCUT2D eigenvalue weighted by Crippen LogP contribution is 2.07. The fraction of sp³-hybridized carbons (Fsp3) is 0.364. The number of carbonyl (C=O) groups excluding carboxylic acids is 1. The second-order valence-corrected chi connectivity index (χ2v) is 6.46. The summed E-state index contributed by atoms with van der Waals surface area (Å²) in [5.74, 6) is -1.36. The molecule has 2 aromatic rings. The number of benzene rings is 2. The molecule has 2 N–H and O–H groups in total. The average molecular weight is 369 g/mol. The minimum atomic E-state index is -1.09. The highest BCUT2D eigenvalue weighted by Gasteiger charge is 2.20. The Morgan fingerprint density at radius 3 is 2.22 bits per heavy atom. The minimum absolute atomic E-state index is 0.274. The third kappa shape index (κ3) is 8.62. The van der Waals surface area contributed by atoms with Gasteiger partial charge in [-0.3, -0.25) is 9.59 Å². The Morgan fingerprint density at radius 1 is 0.963 bits per heavy atom. The van der Waals surface area contributed by atoms with Crippen LogP contribution >= 0.6 is 0 Å². The molecule has 144 valence electrons. The molecule has 5 heteroatoms. The SMILES string of the molecule is O=C(O)CC(=O)C(CCc1ccccc1)NCCCOCc1ccccc1. The molecule has 0 fully saturated rings. The van der Waals surface area contributed by atoms with Gasteiger partial charge in [0.1, 0.15) is 6.42 Å². The molecule has 5 nitrogen and oxygen atoms in total. The van der Waals surface area contributed by atoms with E-state index in [4.69, 9.17) is 9.84 Å². The maximum atomic E-state index is 12.2. The lowest BCUT2D eigenvalue weighted by Crippen LogP contribution is -2.39. The molecule has 0 heterocycles. The number of rotatable bonds is 13. The monoisotopic (exact) mass is 369 g/mol. The molecule has 1 atom stereocenters. The number of hydrogen-bond acceptors (Lipinski definition) is 4. The summed E-state index contributed by atoms with van der Waals surface area (Å²) in [5.41, 5.74) is 2.27. The summed E-state index contributed by atoms with van der Waals surface area (Å²) in [7, 11) is 0. The normalized spacial score (nSPS) is 11.9. The number of ketones is 1. The summed E-state index contributed by atoms with van der Waals surface area (Å²) in [6.07, 6.45) is 1.63. The molecule has 0 aliphatic carbocycles. The van der Waals surface area contributed by atoms with Crippen molar-refractivity contribution in [3.8, 4) is 0 Å². The molecule has 0 radical (unpaired) electrons. The van der Waals surface area contributed by atoms with Crippen molar-refractivity contribution >= 4 is 11.8 Å². The molecule has 0 amide bonds. The average Bonchev–Trinajstić information content (AvgIpc) is 2.67. The summed E-state index contributed by atoms with van der Waals surface area (Å²) in [6, 6.07) is 19.4. The van der Waals surface area contributed by atoms with E-state index in [9.17, 15) is 9.59 Å².